The van der Waals surface area contributed by atoms with Crippen molar-refractivity contribution < 1.29 is 32.3 Å². The molecule has 1 aromatic heterocycles. The summed E-state index contributed by atoms with van der Waals surface area (Å²) in [5, 5.41) is 2.91. The molecule has 178 valence electrons. The summed E-state index contributed by atoms with van der Waals surface area (Å²) in [6.07, 6.45) is 1.19. The van der Waals surface area contributed by atoms with Crippen LogP contribution in [0.5, 0.6) is 0 Å². The largest absolute Gasteiger partial charge is 0.462 e. The molecular formula is C22H26N2O7S2. The Morgan fingerprint density at radius 2 is 1.82 bits per heavy atom. The number of carbonyl (C=O) groups excluding carboxylic acids is 3. The second kappa shape index (κ2) is 10.0. The summed E-state index contributed by atoms with van der Waals surface area (Å²) in [5.41, 5.74) is 2.65. The minimum Gasteiger partial charge on any atom is -0.462 e. The van der Waals surface area contributed by atoms with E-state index in [1.165, 1.54) is 11.3 Å². The third kappa shape index (κ3) is 5.60. The molecule has 0 bridgehead atoms. The Labute approximate surface area is 196 Å². The van der Waals surface area contributed by atoms with Crippen LogP contribution < -0.4 is 5.32 Å². The van der Waals surface area contributed by atoms with Gasteiger partial charge >= 0.3 is 11.9 Å². The number of fused-ring (bicyclic) bond motifs is 1. The van der Waals surface area contributed by atoms with Crippen LogP contribution >= 0.6 is 11.3 Å². The monoisotopic (exact) mass is 494 g/mol. The molecule has 0 radical (unpaired) electrons. The minimum absolute atomic E-state index is 0.0532. The highest BCUT2D eigenvalue weighted by Gasteiger charge is 2.38. The van der Waals surface area contributed by atoms with Gasteiger partial charge in [0.2, 0.25) is 10.0 Å². The van der Waals surface area contributed by atoms with Crippen molar-refractivity contribution in [2.75, 3.05) is 24.8 Å². The molecule has 1 N–H and O–H groups in total. The van der Waals surface area contributed by atoms with Gasteiger partial charge in [-0.2, -0.15) is 4.31 Å². The number of rotatable bonds is 7. The molecule has 0 fully saturated rings. The van der Waals surface area contributed by atoms with E-state index in [0.29, 0.717) is 10.6 Å². The molecule has 1 amide bonds. The van der Waals surface area contributed by atoms with E-state index in [4.69, 9.17) is 9.47 Å². The summed E-state index contributed by atoms with van der Waals surface area (Å²) in [7, 11) is -3.69. The van der Waals surface area contributed by atoms with Gasteiger partial charge in [0.15, 0.2) is 6.61 Å². The van der Waals surface area contributed by atoms with Gasteiger partial charge in [0.1, 0.15) is 11.0 Å². The lowest BCUT2D eigenvalue weighted by Crippen LogP contribution is -2.49. The SMILES string of the molecule is CCOC(=O)c1c(NC(=O)COC(=O)[C@@H]2Cc3ccccc3CN2S(C)(=O)=O)sc(C)c1C. The Kier molecular flexibility index (Phi) is 7.55. The minimum atomic E-state index is -3.69. The van der Waals surface area contributed by atoms with Crippen molar-refractivity contribution in [2.45, 2.75) is 39.8 Å². The zero-order valence-electron chi connectivity index (χ0n) is 18.8. The Morgan fingerprint density at radius 1 is 1.15 bits per heavy atom. The van der Waals surface area contributed by atoms with Crippen molar-refractivity contribution in [3.8, 4) is 0 Å². The molecule has 2 heterocycles. The Hall–Kier alpha value is -2.76. The highest BCUT2D eigenvalue weighted by Crippen LogP contribution is 2.33. The van der Waals surface area contributed by atoms with Crippen LogP contribution in [0.1, 0.15) is 38.8 Å². The van der Waals surface area contributed by atoms with E-state index in [9.17, 15) is 22.8 Å². The summed E-state index contributed by atoms with van der Waals surface area (Å²) >= 11 is 1.22. The third-order valence-electron chi connectivity index (χ3n) is 5.37. The summed E-state index contributed by atoms with van der Waals surface area (Å²) in [5.74, 6) is -2.00. The molecule has 33 heavy (non-hydrogen) atoms. The number of hydrogen-bond donors (Lipinski definition) is 1. The van der Waals surface area contributed by atoms with Gasteiger partial charge in [-0.15, -0.1) is 11.3 Å². The lowest BCUT2D eigenvalue weighted by Gasteiger charge is -2.33. The summed E-state index contributed by atoms with van der Waals surface area (Å²) in [4.78, 5) is 38.3. The number of amides is 1. The van der Waals surface area contributed by atoms with Crippen molar-refractivity contribution in [2.24, 2.45) is 0 Å². The molecule has 9 nitrogen and oxygen atoms in total. The van der Waals surface area contributed by atoms with Crippen LogP contribution in [0.25, 0.3) is 0 Å². The number of aryl methyl sites for hydroxylation is 1. The molecule has 2 aromatic rings. The zero-order valence-corrected chi connectivity index (χ0v) is 20.5. The van der Waals surface area contributed by atoms with Gasteiger partial charge in [0.05, 0.1) is 18.4 Å². The van der Waals surface area contributed by atoms with E-state index in [1.807, 2.05) is 25.1 Å². The standard InChI is InChI=1S/C22H26N2O7S2/c1-5-30-22(27)19-13(2)14(3)32-20(19)23-18(25)12-31-21(26)17-10-15-8-6-7-9-16(15)11-24(17)33(4,28)29/h6-9,17H,5,10-12H2,1-4H3,(H,23,25)/t17-/m0/s1. The van der Waals surface area contributed by atoms with Crippen molar-refractivity contribution >= 4 is 44.2 Å². The zero-order chi connectivity index (χ0) is 24.3. The quantitative estimate of drug-likeness (QED) is 0.587. The van der Waals surface area contributed by atoms with Gasteiger partial charge in [-0.1, -0.05) is 24.3 Å². The van der Waals surface area contributed by atoms with Gasteiger partial charge in [0, 0.05) is 17.8 Å². The Balaban J connectivity index is 1.70. The smallest absolute Gasteiger partial charge is 0.341 e. The molecule has 1 aliphatic heterocycles. The summed E-state index contributed by atoms with van der Waals surface area (Å²) < 4.78 is 35.9. The molecule has 1 atom stereocenters. The summed E-state index contributed by atoms with van der Waals surface area (Å²) in [6.45, 7) is 4.89. The van der Waals surface area contributed by atoms with E-state index in [2.05, 4.69) is 5.32 Å². The molecule has 1 aromatic carbocycles. The predicted molar refractivity (Wildman–Crippen MR) is 124 cm³/mol. The average Bonchev–Trinajstić information content (AvgIpc) is 3.03. The average molecular weight is 495 g/mol. The van der Waals surface area contributed by atoms with Gasteiger partial charge in [-0.05, 0) is 37.5 Å². The maximum atomic E-state index is 12.8. The van der Waals surface area contributed by atoms with Crippen molar-refractivity contribution in [1.29, 1.82) is 0 Å². The van der Waals surface area contributed by atoms with E-state index in [1.54, 1.807) is 19.9 Å². The molecular weight excluding hydrogens is 468 g/mol. The fourth-order valence-electron chi connectivity index (χ4n) is 3.61. The number of nitrogens with one attached hydrogen (secondary N) is 1. The first-order valence-electron chi connectivity index (χ1n) is 10.3. The van der Waals surface area contributed by atoms with Crippen LogP contribution in [0.15, 0.2) is 24.3 Å². The van der Waals surface area contributed by atoms with E-state index < -0.39 is 40.5 Å². The molecule has 0 saturated carbocycles. The lowest BCUT2D eigenvalue weighted by atomic mass is 9.96. The number of sulfonamides is 1. The first-order valence-corrected chi connectivity index (χ1v) is 13.0. The highest BCUT2D eigenvalue weighted by atomic mass is 32.2. The topological polar surface area (TPSA) is 119 Å². The molecule has 0 unspecified atom stereocenters. The number of ether oxygens (including phenoxy) is 2. The third-order valence-corrected chi connectivity index (χ3v) is 7.73. The van der Waals surface area contributed by atoms with Crippen LogP contribution in [-0.4, -0.2) is 56.1 Å². The van der Waals surface area contributed by atoms with Crippen LogP contribution in [0, 0.1) is 13.8 Å². The summed E-state index contributed by atoms with van der Waals surface area (Å²) in [6, 6.07) is 6.20. The van der Waals surface area contributed by atoms with E-state index in [0.717, 1.165) is 26.6 Å². The first kappa shape index (κ1) is 24.9. The van der Waals surface area contributed by atoms with E-state index in [-0.39, 0.29) is 25.1 Å². The number of anilines is 1. The Bertz CT molecular complexity index is 1190. The number of nitrogens with zero attached hydrogens (tertiary/aromatic N) is 1. The highest BCUT2D eigenvalue weighted by molar-refractivity contribution is 7.88. The number of carbonyl (C=O) groups is 3. The van der Waals surface area contributed by atoms with Gasteiger partial charge < -0.3 is 14.8 Å². The lowest BCUT2D eigenvalue weighted by molar-refractivity contribution is -0.151. The van der Waals surface area contributed by atoms with Crippen LogP contribution in [0.4, 0.5) is 5.00 Å². The molecule has 11 heteroatoms. The van der Waals surface area contributed by atoms with Crippen LogP contribution in [0.3, 0.4) is 0 Å². The van der Waals surface area contributed by atoms with Crippen LogP contribution in [0.2, 0.25) is 0 Å². The number of esters is 2. The van der Waals surface area contributed by atoms with Gasteiger partial charge in [0.25, 0.3) is 5.91 Å². The molecule has 0 spiro atoms. The maximum Gasteiger partial charge on any atom is 0.341 e. The first-order chi connectivity index (χ1) is 15.5. The van der Waals surface area contributed by atoms with Crippen molar-refractivity contribution in [1.82, 2.24) is 4.31 Å². The maximum absolute atomic E-state index is 12.8. The molecule has 0 saturated heterocycles. The van der Waals surface area contributed by atoms with E-state index >= 15 is 0 Å². The second-order valence-electron chi connectivity index (χ2n) is 7.66. The fourth-order valence-corrected chi connectivity index (χ4v) is 5.67. The number of benzene rings is 1. The molecule has 3 rings (SSSR count). The number of hydrogen-bond acceptors (Lipinski definition) is 8. The fraction of sp³-hybridized carbons (Fsp3) is 0.409. The number of thiophene rings is 1. The molecule has 1 aliphatic rings. The predicted octanol–water partition coefficient (Wildman–Crippen LogP) is 2.41. The normalized spacial score (nSPS) is 16.1. The van der Waals surface area contributed by atoms with Gasteiger partial charge in [-0.25, -0.2) is 13.2 Å². The van der Waals surface area contributed by atoms with Crippen molar-refractivity contribution in [3.05, 3.63) is 51.4 Å². The Morgan fingerprint density at radius 3 is 2.45 bits per heavy atom. The van der Waals surface area contributed by atoms with Crippen molar-refractivity contribution in [3.63, 3.8) is 0 Å². The van der Waals surface area contributed by atoms with Crippen LogP contribution in [-0.2, 0) is 42.1 Å². The second-order valence-corrected chi connectivity index (χ2v) is 10.8. The van der Waals surface area contributed by atoms with Gasteiger partial charge in [-0.3, -0.25) is 9.59 Å². The molecule has 0 aliphatic carbocycles.